The molecule has 0 spiro atoms. The van der Waals surface area contributed by atoms with Crippen molar-refractivity contribution < 1.29 is 9.21 Å². The predicted octanol–water partition coefficient (Wildman–Crippen LogP) is 3.83. The maximum Gasteiger partial charge on any atom is 0.236 e. The fraction of sp³-hybridized carbons (Fsp3) is 0.526. The number of para-hydroxylation sites is 1. The Morgan fingerprint density at radius 1 is 1.39 bits per heavy atom. The molecule has 0 bridgehead atoms. The summed E-state index contributed by atoms with van der Waals surface area (Å²) in [6, 6.07) is 10.5. The average Bonchev–Trinajstić information content (AvgIpc) is 2.98. The van der Waals surface area contributed by atoms with Crippen molar-refractivity contribution in [1.29, 1.82) is 0 Å². The van der Waals surface area contributed by atoms with Gasteiger partial charge in [0.15, 0.2) is 0 Å². The smallest absolute Gasteiger partial charge is 0.236 e. The van der Waals surface area contributed by atoms with Gasteiger partial charge in [0.1, 0.15) is 11.3 Å². The normalized spacial score (nSPS) is 20.2. The van der Waals surface area contributed by atoms with Gasteiger partial charge in [0.25, 0.3) is 0 Å². The van der Waals surface area contributed by atoms with Crippen molar-refractivity contribution in [3.05, 3.63) is 36.1 Å². The molecule has 2 unspecified atom stereocenters. The van der Waals surface area contributed by atoms with E-state index in [-0.39, 0.29) is 11.9 Å². The lowest BCUT2D eigenvalue weighted by molar-refractivity contribution is -0.135. The van der Waals surface area contributed by atoms with Crippen molar-refractivity contribution in [3.63, 3.8) is 0 Å². The predicted molar refractivity (Wildman–Crippen MR) is 92.3 cm³/mol. The summed E-state index contributed by atoms with van der Waals surface area (Å²) in [4.78, 5) is 16.7. The molecule has 1 saturated heterocycles. The molecule has 4 heteroatoms. The molecular weight excluding hydrogens is 288 g/mol. The molecule has 2 aromatic rings. The number of piperidine rings is 1. The molecule has 2 atom stereocenters. The van der Waals surface area contributed by atoms with Crippen molar-refractivity contribution in [1.82, 2.24) is 9.80 Å². The highest BCUT2D eigenvalue weighted by Crippen LogP contribution is 2.27. The molecular formula is C19H26N2O2. The van der Waals surface area contributed by atoms with Crippen molar-refractivity contribution in [3.8, 4) is 0 Å². The van der Waals surface area contributed by atoms with Crippen molar-refractivity contribution in [2.45, 2.75) is 45.2 Å². The van der Waals surface area contributed by atoms with Crippen LogP contribution in [-0.4, -0.2) is 41.9 Å². The third-order valence-corrected chi connectivity index (χ3v) is 5.03. The van der Waals surface area contributed by atoms with E-state index in [4.69, 9.17) is 4.42 Å². The van der Waals surface area contributed by atoms with E-state index in [0.29, 0.717) is 12.6 Å². The molecule has 3 rings (SSSR count). The largest absolute Gasteiger partial charge is 0.459 e. The lowest BCUT2D eigenvalue weighted by Crippen LogP contribution is -2.46. The highest BCUT2D eigenvalue weighted by atomic mass is 16.3. The van der Waals surface area contributed by atoms with Crippen molar-refractivity contribution in [2.24, 2.45) is 0 Å². The van der Waals surface area contributed by atoms with Crippen LogP contribution in [0.15, 0.2) is 34.7 Å². The van der Waals surface area contributed by atoms with Crippen LogP contribution in [0.5, 0.6) is 0 Å². The Bertz CT molecular complexity index is 646. The summed E-state index contributed by atoms with van der Waals surface area (Å²) in [6.45, 7) is 5.57. The Kier molecular flexibility index (Phi) is 4.71. The van der Waals surface area contributed by atoms with Gasteiger partial charge < -0.3 is 9.32 Å². The third kappa shape index (κ3) is 3.42. The van der Waals surface area contributed by atoms with Gasteiger partial charge in [-0.2, -0.15) is 0 Å². The van der Waals surface area contributed by atoms with E-state index in [9.17, 15) is 4.79 Å². The lowest BCUT2D eigenvalue weighted by Gasteiger charge is -2.35. The van der Waals surface area contributed by atoms with E-state index < -0.39 is 0 Å². The summed E-state index contributed by atoms with van der Waals surface area (Å²) in [6.07, 6.45) is 3.48. The quantitative estimate of drug-likeness (QED) is 0.860. The number of carbonyl (C=O) groups excluding carboxylic acids is 1. The number of hydrogen-bond acceptors (Lipinski definition) is 3. The first kappa shape index (κ1) is 16.1. The van der Waals surface area contributed by atoms with Gasteiger partial charge in [-0.25, -0.2) is 0 Å². The maximum atomic E-state index is 12.6. The fourth-order valence-electron chi connectivity index (χ4n) is 3.34. The van der Waals surface area contributed by atoms with Crippen LogP contribution in [-0.2, 0) is 4.79 Å². The number of amides is 1. The Labute approximate surface area is 138 Å². The van der Waals surface area contributed by atoms with Gasteiger partial charge in [0.05, 0.1) is 12.6 Å². The number of furan rings is 1. The molecule has 0 radical (unpaired) electrons. The van der Waals surface area contributed by atoms with Gasteiger partial charge in [-0.05, 0) is 52.3 Å². The SMILES string of the molecule is CC(c1cc2ccccc2o1)N(C)CC(=O)N1CCCCC1C. The van der Waals surface area contributed by atoms with Crippen LogP contribution < -0.4 is 0 Å². The van der Waals surface area contributed by atoms with E-state index in [2.05, 4.69) is 30.9 Å². The minimum Gasteiger partial charge on any atom is -0.459 e. The molecule has 1 aromatic heterocycles. The van der Waals surface area contributed by atoms with Crippen LogP contribution in [0.1, 0.15) is 44.9 Å². The van der Waals surface area contributed by atoms with Crippen LogP contribution in [0.25, 0.3) is 11.0 Å². The van der Waals surface area contributed by atoms with Crippen LogP contribution in [0, 0.1) is 0 Å². The van der Waals surface area contributed by atoms with Crippen LogP contribution >= 0.6 is 0 Å². The Balaban J connectivity index is 1.67. The first-order chi connectivity index (χ1) is 11.1. The van der Waals surface area contributed by atoms with Gasteiger partial charge in [-0.15, -0.1) is 0 Å². The fourth-order valence-corrected chi connectivity index (χ4v) is 3.34. The zero-order valence-corrected chi connectivity index (χ0v) is 14.3. The molecule has 4 nitrogen and oxygen atoms in total. The van der Waals surface area contributed by atoms with Gasteiger partial charge >= 0.3 is 0 Å². The zero-order chi connectivity index (χ0) is 16.4. The molecule has 1 amide bonds. The lowest BCUT2D eigenvalue weighted by atomic mass is 10.0. The van der Waals surface area contributed by atoms with Gasteiger partial charge in [0.2, 0.25) is 5.91 Å². The summed E-state index contributed by atoms with van der Waals surface area (Å²) in [5, 5.41) is 1.11. The Morgan fingerprint density at radius 3 is 2.91 bits per heavy atom. The summed E-state index contributed by atoms with van der Waals surface area (Å²) in [7, 11) is 1.99. The minimum absolute atomic E-state index is 0.0754. The number of likely N-dealkylation sites (N-methyl/N-ethyl adjacent to an activating group) is 1. The second-order valence-corrected chi connectivity index (χ2v) is 6.71. The monoisotopic (exact) mass is 314 g/mol. The summed E-state index contributed by atoms with van der Waals surface area (Å²) >= 11 is 0. The highest BCUT2D eigenvalue weighted by molar-refractivity contribution is 5.79. The summed E-state index contributed by atoms with van der Waals surface area (Å²) < 4.78 is 5.93. The zero-order valence-electron chi connectivity index (χ0n) is 14.3. The molecule has 23 heavy (non-hydrogen) atoms. The molecule has 1 aromatic carbocycles. The van der Waals surface area contributed by atoms with Gasteiger partial charge in [0, 0.05) is 18.0 Å². The molecule has 1 aliphatic rings. The molecule has 0 aliphatic carbocycles. The molecule has 1 fully saturated rings. The molecule has 2 heterocycles. The van der Waals surface area contributed by atoms with Crippen LogP contribution in [0.2, 0.25) is 0 Å². The topological polar surface area (TPSA) is 36.7 Å². The standard InChI is InChI=1S/C19H26N2O2/c1-14-8-6-7-11-21(14)19(22)13-20(3)15(2)18-12-16-9-4-5-10-17(16)23-18/h4-5,9-10,12,14-15H,6-8,11,13H2,1-3H3. The minimum atomic E-state index is 0.0754. The third-order valence-electron chi connectivity index (χ3n) is 5.03. The Morgan fingerprint density at radius 2 is 2.17 bits per heavy atom. The number of nitrogens with zero attached hydrogens (tertiary/aromatic N) is 2. The molecule has 0 saturated carbocycles. The van der Waals surface area contributed by atoms with Crippen molar-refractivity contribution >= 4 is 16.9 Å². The number of hydrogen-bond donors (Lipinski definition) is 0. The molecule has 1 aliphatic heterocycles. The van der Waals surface area contributed by atoms with E-state index in [1.807, 2.05) is 30.1 Å². The second-order valence-electron chi connectivity index (χ2n) is 6.71. The average molecular weight is 314 g/mol. The highest BCUT2D eigenvalue weighted by Gasteiger charge is 2.26. The number of likely N-dealkylation sites (tertiary alicyclic amines) is 1. The van der Waals surface area contributed by atoms with Gasteiger partial charge in [-0.1, -0.05) is 18.2 Å². The molecule has 124 valence electrons. The first-order valence-electron chi connectivity index (χ1n) is 8.54. The maximum absolute atomic E-state index is 12.6. The Hall–Kier alpha value is -1.81. The van der Waals surface area contributed by atoms with E-state index in [1.165, 1.54) is 6.42 Å². The number of rotatable bonds is 4. The number of fused-ring (bicyclic) bond motifs is 1. The van der Waals surface area contributed by atoms with E-state index in [0.717, 1.165) is 36.1 Å². The number of benzene rings is 1. The van der Waals surface area contributed by atoms with E-state index >= 15 is 0 Å². The summed E-state index contributed by atoms with van der Waals surface area (Å²) in [5.41, 5.74) is 0.902. The first-order valence-corrected chi connectivity index (χ1v) is 8.54. The van der Waals surface area contributed by atoms with Crippen LogP contribution in [0.3, 0.4) is 0 Å². The summed E-state index contributed by atoms with van der Waals surface area (Å²) in [5.74, 6) is 1.14. The molecule has 0 N–H and O–H groups in total. The van der Waals surface area contributed by atoms with Crippen molar-refractivity contribution in [2.75, 3.05) is 20.1 Å². The van der Waals surface area contributed by atoms with Gasteiger partial charge in [-0.3, -0.25) is 9.69 Å². The van der Waals surface area contributed by atoms with E-state index in [1.54, 1.807) is 0 Å². The number of carbonyl (C=O) groups is 1. The van der Waals surface area contributed by atoms with Crippen LogP contribution in [0.4, 0.5) is 0 Å². The second kappa shape index (κ2) is 6.75.